The van der Waals surface area contributed by atoms with Crippen LogP contribution in [0, 0.1) is 23.7 Å². The Morgan fingerprint density at radius 1 is 1.05 bits per heavy atom. The minimum atomic E-state index is 0.638. The molecule has 4 saturated carbocycles. The standard InChI is InChI=1S/C18H24BrNS/c19-17-9-14-15(2-1-3-16(14)21-17)20-18-12-5-10-4-11(7-12)8-13(18)6-10/h9-13,15,18,20H,1-8H2. The summed E-state index contributed by atoms with van der Waals surface area (Å²) in [6.45, 7) is 0. The third-order valence-corrected chi connectivity index (χ3v) is 8.42. The highest BCUT2D eigenvalue weighted by Crippen LogP contribution is 2.54. The van der Waals surface area contributed by atoms with Crippen LogP contribution in [0.2, 0.25) is 0 Å². The summed E-state index contributed by atoms with van der Waals surface area (Å²) in [6.07, 6.45) is 11.7. The summed E-state index contributed by atoms with van der Waals surface area (Å²) < 4.78 is 1.33. The van der Waals surface area contributed by atoms with E-state index in [9.17, 15) is 0 Å². The van der Waals surface area contributed by atoms with Crippen molar-refractivity contribution in [2.24, 2.45) is 23.7 Å². The van der Waals surface area contributed by atoms with Crippen molar-refractivity contribution >= 4 is 27.3 Å². The number of nitrogens with one attached hydrogen (secondary N) is 1. The van der Waals surface area contributed by atoms with Gasteiger partial charge in [-0.15, -0.1) is 11.3 Å². The monoisotopic (exact) mass is 365 g/mol. The summed E-state index contributed by atoms with van der Waals surface area (Å²) in [5.41, 5.74) is 1.62. The Balaban J connectivity index is 1.38. The van der Waals surface area contributed by atoms with Crippen molar-refractivity contribution in [3.8, 4) is 0 Å². The van der Waals surface area contributed by atoms with Gasteiger partial charge >= 0.3 is 0 Å². The highest BCUT2D eigenvalue weighted by atomic mass is 79.9. The van der Waals surface area contributed by atoms with E-state index >= 15 is 0 Å². The van der Waals surface area contributed by atoms with E-state index in [0.717, 1.165) is 29.7 Å². The lowest BCUT2D eigenvalue weighted by molar-refractivity contribution is -0.0184. The van der Waals surface area contributed by atoms with Crippen molar-refractivity contribution in [2.45, 2.75) is 63.5 Å². The van der Waals surface area contributed by atoms with Gasteiger partial charge in [-0.3, -0.25) is 0 Å². The molecule has 0 saturated heterocycles. The molecule has 0 spiro atoms. The first-order valence-corrected chi connectivity index (χ1v) is 10.4. The summed E-state index contributed by atoms with van der Waals surface area (Å²) in [4.78, 5) is 1.63. The third kappa shape index (κ3) is 2.26. The Hall–Kier alpha value is 0.140. The van der Waals surface area contributed by atoms with Crippen molar-refractivity contribution in [3.05, 3.63) is 20.3 Å². The molecule has 0 radical (unpaired) electrons. The van der Waals surface area contributed by atoms with Crippen LogP contribution in [0.25, 0.3) is 0 Å². The zero-order valence-corrected chi connectivity index (χ0v) is 14.9. The molecule has 5 aliphatic rings. The van der Waals surface area contributed by atoms with Gasteiger partial charge in [-0.1, -0.05) is 0 Å². The van der Waals surface area contributed by atoms with Crippen LogP contribution in [0.5, 0.6) is 0 Å². The van der Waals surface area contributed by atoms with Crippen LogP contribution < -0.4 is 5.32 Å². The van der Waals surface area contributed by atoms with Crippen LogP contribution in [-0.4, -0.2) is 6.04 Å². The summed E-state index contributed by atoms with van der Waals surface area (Å²) in [7, 11) is 0. The molecule has 1 heterocycles. The number of thiophene rings is 1. The van der Waals surface area contributed by atoms with E-state index in [1.54, 1.807) is 16.9 Å². The van der Waals surface area contributed by atoms with Gasteiger partial charge in [0.2, 0.25) is 0 Å². The number of hydrogen-bond donors (Lipinski definition) is 1. The van der Waals surface area contributed by atoms with Crippen molar-refractivity contribution in [3.63, 3.8) is 0 Å². The fraction of sp³-hybridized carbons (Fsp3) is 0.778. The Bertz CT molecular complexity index is 523. The molecule has 1 nitrogen and oxygen atoms in total. The zero-order chi connectivity index (χ0) is 14.0. The lowest BCUT2D eigenvalue weighted by Gasteiger charge is -2.55. The second-order valence-electron chi connectivity index (χ2n) is 8.00. The summed E-state index contributed by atoms with van der Waals surface area (Å²) >= 11 is 5.66. The predicted octanol–water partition coefficient (Wildman–Crippen LogP) is 5.30. The quantitative estimate of drug-likeness (QED) is 0.749. The minimum absolute atomic E-state index is 0.638. The molecule has 3 heteroatoms. The average Bonchev–Trinajstić information content (AvgIpc) is 2.83. The lowest BCUT2D eigenvalue weighted by atomic mass is 9.54. The maximum Gasteiger partial charge on any atom is 0.0704 e. The van der Waals surface area contributed by atoms with Gasteiger partial charge < -0.3 is 5.32 Å². The van der Waals surface area contributed by atoms with Gasteiger partial charge in [0.1, 0.15) is 0 Å². The number of hydrogen-bond acceptors (Lipinski definition) is 2. The molecule has 1 aromatic heterocycles. The van der Waals surface area contributed by atoms with Crippen LogP contribution in [0.4, 0.5) is 0 Å². The smallest absolute Gasteiger partial charge is 0.0704 e. The van der Waals surface area contributed by atoms with Crippen LogP contribution in [0.15, 0.2) is 9.85 Å². The molecule has 5 aliphatic carbocycles. The molecule has 0 amide bonds. The van der Waals surface area contributed by atoms with Crippen LogP contribution in [0.3, 0.4) is 0 Å². The first kappa shape index (κ1) is 13.6. The summed E-state index contributed by atoms with van der Waals surface area (Å²) in [6, 6.07) is 3.86. The average molecular weight is 366 g/mol. The molecule has 1 aromatic rings. The largest absolute Gasteiger partial charge is 0.307 e. The van der Waals surface area contributed by atoms with Gasteiger partial charge in [0, 0.05) is 17.0 Å². The maximum absolute atomic E-state index is 4.16. The van der Waals surface area contributed by atoms with Gasteiger partial charge in [-0.2, -0.15) is 0 Å². The Morgan fingerprint density at radius 3 is 2.48 bits per heavy atom. The highest BCUT2D eigenvalue weighted by Gasteiger charge is 2.48. The van der Waals surface area contributed by atoms with Crippen molar-refractivity contribution in [1.29, 1.82) is 0 Å². The molecule has 6 rings (SSSR count). The van der Waals surface area contributed by atoms with Crippen LogP contribution >= 0.6 is 27.3 Å². The highest BCUT2D eigenvalue weighted by molar-refractivity contribution is 9.11. The normalized spacial score (nSPS) is 44.0. The molecule has 21 heavy (non-hydrogen) atoms. The minimum Gasteiger partial charge on any atom is -0.307 e. The SMILES string of the molecule is Brc1cc2c(s1)CCCC2NC1C2CC3CC(C2)CC1C3. The predicted molar refractivity (Wildman–Crippen MR) is 91.7 cm³/mol. The first-order chi connectivity index (χ1) is 10.3. The van der Waals surface area contributed by atoms with E-state index < -0.39 is 0 Å². The number of rotatable bonds is 2. The van der Waals surface area contributed by atoms with E-state index in [2.05, 4.69) is 27.3 Å². The second kappa shape index (κ2) is 5.07. The van der Waals surface area contributed by atoms with E-state index in [1.807, 2.05) is 11.3 Å². The topological polar surface area (TPSA) is 12.0 Å². The molecule has 1 N–H and O–H groups in total. The molecule has 1 atom stereocenters. The molecule has 0 aromatic carbocycles. The van der Waals surface area contributed by atoms with Crippen molar-refractivity contribution < 1.29 is 0 Å². The second-order valence-corrected chi connectivity index (χ2v) is 10.5. The molecule has 114 valence electrons. The molecular formula is C18H24BrNS. The molecule has 4 fully saturated rings. The van der Waals surface area contributed by atoms with Gasteiger partial charge in [-0.05, 0) is 103 Å². The lowest BCUT2D eigenvalue weighted by Crippen LogP contribution is -2.55. The van der Waals surface area contributed by atoms with E-state index in [1.165, 1.54) is 48.7 Å². The number of aryl methyl sites for hydroxylation is 1. The fourth-order valence-corrected chi connectivity index (χ4v) is 7.94. The van der Waals surface area contributed by atoms with E-state index in [-0.39, 0.29) is 0 Å². The zero-order valence-electron chi connectivity index (χ0n) is 12.5. The van der Waals surface area contributed by atoms with Crippen molar-refractivity contribution in [2.75, 3.05) is 0 Å². The summed E-state index contributed by atoms with van der Waals surface area (Å²) in [5, 5.41) is 4.16. The van der Waals surface area contributed by atoms with E-state index in [0.29, 0.717) is 6.04 Å². The summed E-state index contributed by atoms with van der Waals surface area (Å²) in [5.74, 6) is 4.16. The first-order valence-electron chi connectivity index (χ1n) is 8.80. The Morgan fingerprint density at radius 2 is 1.76 bits per heavy atom. The molecule has 0 aliphatic heterocycles. The number of fused-ring (bicyclic) bond motifs is 1. The van der Waals surface area contributed by atoms with Crippen molar-refractivity contribution in [1.82, 2.24) is 5.32 Å². The maximum atomic E-state index is 4.16. The fourth-order valence-electron chi connectivity index (χ4n) is 6.12. The van der Waals surface area contributed by atoms with Gasteiger partial charge in [0.15, 0.2) is 0 Å². The number of halogens is 1. The molecule has 4 bridgehead atoms. The van der Waals surface area contributed by atoms with Gasteiger partial charge in [0.05, 0.1) is 3.79 Å². The van der Waals surface area contributed by atoms with E-state index in [4.69, 9.17) is 0 Å². The molecule has 1 unspecified atom stereocenters. The Labute approximate surface area is 140 Å². The van der Waals surface area contributed by atoms with Crippen LogP contribution in [-0.2, 0) is 6.42 Å². The van der Waals surface area contributed by atoms with Gasteiger partial charge in [-0.25, -0.2) is 0 Å². The molecular weight excluding hydrogens is 342 g/mol. The van der Waals surface area contributed by atoms with Gasteiger partial charge in [0.25, 0.3) is 0 Å². The van der Waals surface area contributed by atoms with Crippen LogP contribution in [0.1, 0.15) is 61.4 Å². The Kier molecular flexibility index (Phi) is 3.28. The third-order valence-electron chi connectivity index (χ3n) is 6.70.